The van der Waals surface area contributed by atoms with E-state index in [-0.39, 0.29) is 0 Å². The van der Waals surface area contributed by atoms with Crippen LogP contribution in [-0.4, -0.2) is 0 Å². The van der Waals surface area contributed by atoms with Crippen molar-refractivity contribution in [2.45, 2.75) is 39.2 Å². The average Bonchev–Trinajstić information content (AvgIpc) is 2.64. The lowest BCUT2D eigenvalue weighted by molar-refractivity contribution is 0.178. The molecule has 3 unspecified atom stereocenters. The first-order valence-electron chi connectivity index (χ1n) is 6.31. The summed E-state index contributed by atoms with van der Waals surface area (Å²) in [6, 6.07) is 4.61. The van der Waals surface area contributed by atoms with Gasteiger partial charge in [0.15, 0.2) is 0 Å². The number of thiophene rings is 1. The van der Waals surface area contributed by atoms with E-state index in [1.165, 1.54) is 27.9 Å². The summed E-state index contributed by atoms with van der Waals surface area (Å²) in [6.07, 6.45) is 3.94. The number of hydrogen-bond donors (Lipinski definition) is 2. The monoisotopic (exact) mass is 316 g/mol. The van der Waals surface area contributed by atoms with Crippen molar-refractivity contribution in [3.63, 3.8) is 0 Å². The molecule has 1 aromatic heterocycles. The van der Waals surface area contributed by atoms with Gasteiger partial charge >= 0.3 is 0 Å². The Morgan fingerprint density at radius 3 is 2.41 bits per heavy atom. The average molecular weight is 317 g/mol. The molecule has 0 bridgehead atoms. The summed E-state index contributed by atoms with van der Waals surface area (Å²) >= 11 is 5.32. The van der Waals surface area contributed by atoms with Crippen LogP contribution in [0.15, 0.2) is 15.9 Å². The van der Waals surface area contributed by atoms with Crippen molar-refractivity contribution in [2.24, 2.45) is 23.6 Å². The van der Waals surface area contributed by atoms with Crippen molar-refractivity contribution in [1.29, 1.82) is 0 Å². The molecule has 0 spiro atoms. The third-order valence-electron chi connectivity index (χ3n) is 3.77. The third-order valence-corrected chi connectivity index (χ3v) is 5.47. The fourth-order valence-electron chi connectivity index (χ4n) is 3.23. The number of hydrazine groups is 1. The van der Waals surface area contributed by atoms with Gasteiger partial charge in [0.25, 0.3) is 0 Å². The molecule has 4 heteroatoms. The molecule has 1 fully saturated rings. The van der Waals surface area contributed by atoms with E-state index >= 15 is 0 Å². The summed E-state index contributed by atoms with van der Waals surface area (Å²) in [5.41, 5.74) is 3.03. The van der Waals surface area contributed by atoms with E-state index in [1.54, 1.807) is 11.3 Å². The lowest BCUT2D eigenvalue weighted by atomic mass is 9.73. The van der Waals surface area contributed by atoms with Crippen molar-refractivity contribution in [3.8, 4) is 0 Å². The molecule has 3 N–H and O–H groups in total. The minimum Gasteiger partial charge on any atom is -0.271 e. The van der Waals surface area contributed by atoms with E-state index in [9.17, 15) is 0 Å². The molecule has 1 aromatic rings. The molecule has 2 rings (SSSR count). The highest BCUT2D eigenvalue weighted by Gasteiger charge is 2.31. The maximum Gasteiger partial charge on any atom is 0.0702 e. The minimum absolute atomic E-state index is 0.316. The van der Waals surface area contributed by atoms with Crippen LogP contribution in [-0.2, 0) is 0 Å². The van der Waals surface area contributed by atoms with Crippen LogP contribution in [0.4, 0.5) is 0 Å². The lowest BCUT2D eigenvalue weighted by Crippen LogP contribution is -2.36. The molecule has 0 aliphatic heterocycles. The molecule has 0 aromatic carbocycles. The van der Waals surface area contributed by atoms with E-state index in [0.717, 1.165) is 11.8 Å². The van der Waals surface area contributed by atoms with Crippen LogP contribution in [0.3, 0.4) is 0 Å². The number of nitrogens with two attached hydrogens (primary N) is 1. The van der Waals surface area contributed by atoms with Gasteiger partial charge in [-0.05, 0) is 65.1 Å². The van der Waals surface area contributed by atoms with Crippen molar-refractivity contribution in [3.05, 3.63) is 20.8 Å². The van der Waals surface area contributed by atoms with Gasteiger partial charge < -0.3 is 0 Å². The number of rotatable bonds is 3. The first-order chi connectivity index (χ1) is 8.10. The van der Waals surface area contributed by atoms with Crippen LogP contribution in [0.2, 0.25) is 0 Å². The van der Waals surface area contributed by atoms with Crippen LogP contribution in [0.1, 0.15) is 44.0 Å². The van der Waals surface area contributed by atoms with E-state index in [2.05, 4.69) is 47.3 Å². The molecule has 1 saturated carbocycles. The second-order valence-electron chi connectivity index (χ2n) is 5.46. The van der Waals surface area contributed by atoms with Crippen LogP contribution in [0.5, 0.6) is 0 Å². The van der Waals surface area contributed by atoms with E-state index in [4.69, 9.17) is 5.84 Å². The highest BCUT2D eigenvalue weighted by atomic mass is 79.9. The number of nitrogens with one attached hydrogen (secondary N) is 1. The molecular weight excluding hydrogens is 296 g/mol. The second kappa shape index (κ2) is 5.83. The van der Waals surface area contributed by atoms with Gasteiger partial charge in [0.2, 0.25) is 0 Å². The van der Waals surface area contributed by atoms with Gasteiger partial charge in [0.1, 0.15) is 0 Å². The third kappa shape index (κ3) is 3.31. The summed E-state index contributed by atoms with van der Waals surface area (Å²) in [5, 5.41) is 0. The molecule has 1 aliphatic carbocycles. The summed E-state index contributed by atoms with van der Waals surface area (Å²) in [7, 11) is 0. The van der Waals surface area contributed by atoms with Gasteiger partial charge in [-0.1, -0.05) is 13.8 Å². The van der Waals surface area contributed by atoms with Crippen molar-refractivity contribution in [1.82, 2.24) is 5.43 Å². The quantitative estimate of drug-likeness (QED) is 0.651. The van der Waals surface area contributed by atoms with Gasteiger partial charge in [0, 0.05) is 4.88 Å². The van der Waals surface area contributed by atoms with Crippen LogP contribution < -0.4 is 11.3 Å². The van der Waals surface area contributed by atoms with Gasteiger partial charge in [-0.25, -0.2) is 0 Å². The summed E-state index contributed by atoms with van der Waals surface area (Å²) < 4.78 is 1.18. The van der Waals surface area contributed by atoms with Crippen LogP contribution >= 0.6 is 27.3 Å². The molecule has 3 atom stereocenters. The first kappa shape index (κ1) is 13.5. The predicted octanol–water partition coefficient (Wildman–Crippen LogP) is 4.09. The molecular formula is C13H21BrN2S. The fraction of sp³-hybridized carbons (Fsp3) is 0.692. The number of halogens is 1. The standard InChI is InChI=1S/C13H21BrN2S/c1-8-5-9(2)7-10(6-8)13(16-15)11-3-4-12(14)17-11/h3-4,8-10,13,16H,5-7,15H2,1-2H3. The molecule has 2 nitrogen and oxygen atoms in total. The summed E-state index contributed by atoms with van der Waals surface area (Å²) in [4.78, 5) is 1.35. The fourth-order valence-corrected chi connectivity index (χ4v) is 4.81. The highest BCUT2D eigenvalue weighted by molar-refractivity contribution is 9.11. The van der Waals surface area contributed by atoms with Gasteiger partial charge in [0.05, 0.1) is 9.83 Å². The summed E-state index contributed by atoms with van der Waals surface area (Å²) in [5.74, 6) is 8.09. The van der Waals surface area contributed by atoms with Gasteiger partial charge in [-0.2, -0.15) is 0 Å². The Balaban J connectivity index is 2.12. The zero-order chi connectivity index (χ0) is 12.4. The van der Waals surface area contributed by atoms with Gasteiger partial charge in [-0.15, -0.1) is 11.3 Å². The second-order valence-corrected chi connectivity index (χ2v) is 7.96. The Hall–Kier alpha value is 0.1000. The molecule has 0 saturated heterocycles. The minimum atomic E-state index is 0.316. The molecule has 96 valence electrons. The highest BCUT2D eigenvalue weighted by Crippen LogP contribution is 2.41. The number of hydrogen-bond acceptors (Lipinski definition) is 3. The van der Waals surface area contributed by atoms with Crippen molar-refractivity contribution in [2.75, 3.05) is 0 Å². The zero-order valence-corrected chi connectivity index (χ0v) is 12.9. The Morgan fingerprint density at radius 2 is 1.94 bits per heavy atom. The largest absolute Gasteiger partial charge is 0.271 e. The molecule has 1 heterocycles. The van der Waals surface area contributed by atoms with Crippen LogP contribution in [0, 0.1) is 17.8 Å². The van der Waals surface area contributed by atoms with E-state index < -0.39 is 0 Å². The maximum atomic E-state index is 5.78. The van der Waals surface area contributed by atoms with Crippen LogP contribution in [0.25, 0.3) is 0 Å². The molecule has 0 amide bonds. The smallest absolute Gasteiger partial charge is 0.0702 e. The zero-order valence-electron chi connectivity index (χ0n) is 10.4. The Labute approximate surface area is 116 Å². The van der Waals surface area contributed by atoms with Crippen molar-refractivity contribution >= 4 is 27.3 Å². The normalized spacial score (nSPS) is 31.4. The molecule has 1 aliphatic rings. The SMILES string of the molecule is CC1CC(C)CC(C(NN)c2ccc(Br)s2)C1. The first-order valence-corrected chi connectivity index (χ1v) is 7.92. The van der Waals surface area contributed by atoms with E-state index in [0.29, 0.717) is 12.0 Å². The topological polar surface area (TPSA) is 38.0 Å². The lowest BCUT2D eigenvalue weighted by Gasteiger charge is -2.35. The Morgan fingerprint density at radius 1 is 1.29 bits per heavy atom. The van der Waals surface area contributed by atoms with Crippen molar-refractivity contribution < 1.29 is 0 Å². The molecule has 17 heavy (non-hydrogen) atoms. The van der Waals surface area contributed by atoms with Gasteiger partial charge in [-0.3, -0.25) is 11.3 Å². The summed E-state index contributed by atoms with van der Waals surface area (Å²) in [6.45, 7) is 4.72. The predicted molar refractivity (Wildman–Crippen MR) is 77.8 cm³/mol. The molecule has 0 radical (unpaired) electrons. The van der Waals surface area contributed by atoms with E-state index in [1.807, 2.05) is 0 Å². The Bertz CT molecular complexity index is 356. The Kier molecular flexibility index (Phi) is 4.64. The maximum absolute atomic E-state index is 5.78.